The Morgan fingerprint density at radius 1 is 1.59 bits per heavy atom. The zero-order chi connectivity index (χ0) is 12.6. The molecule has 0 radical (unpaired) electrons. The fraction of sp³-hybridized carbons (Fsp3) is 0.455. The van der Waals surface area contributed by atoms with E-state index in [0.717, 1.165) is 4.47 Å². The van der Waals surface area contributed by atoms with Gasteiger partial charge in [-0.05, 0) is 22.0 Å². The SMILES string of the molecule is CC(C(=O)O)C1CN(C(=O)c2cc(Br)c[nH]2)C1. The highest BCUT2D eigenvalue weighted by Gasteiger charge is 2.37. The fourth-order valence-corrected chi connectivity index (χ4v) is 2.20. The lowest BCUT2D eigenvalue weighted by atomic mass is 9.87. The number of aliphatic carboxylic acids is 1. The molecule has 1 aromatic rings. The molecule has 6 heteroatoms. The van der Waals surface area contributed by atoms with Crippen molar-refractivity contribution >= 4 is 27.8 Å². The van der Waals surface area contributed by atoms with Gasteiger partial charge in [-0.3, -0.25) is 9.59 Å². The number of hydrogen-bond donors (Lipinski definition) is 2. The van der Waals surface area contributed by atoms with Crippen molar-refractivity contribution in [2.75, 3.05) is 13.1 Å². The van der Waals surface area contributed by atoms with Crippen LogP contribution in [0.3, 0.4) is 0 Å². The molecule has 0 spiro atoms. The van der Waals surface area contributed by atoms with Gasteiger partial charge in [-0.25, -0.2) is 0 Å². The van der Waals surface area contributed by atoms with E-state index in [0.29, 0.717) is 18.8 Å². The molecule has 0 aliphatic carbocycles. The van der Waals surface area contributed by atoms with E-state index in [1.807, 2.05) is 0 Å². The van der Waals surface area contributed by atoms with Gasteiger partial charge in [0.25, 0.3) is 5.91 Å². The van der Waals surface area contributed by atoms with Crippen molar-refractivity contribution in [3.8, 4) is 0 Å². The van der Waals surface area contributed by atoms with Gasteiger partial charge >= 0.3 is 5.97 Å². The predicted molar refractivity (Wildman–Crippen MR) is 64.7 cm³/mol. The molecule has 1 aliphatic rings. The van der Waals surface area contributed by atoms with Gasteiger partial charge in [0.05, 0.1) is 5.92 Å². The molecular formula is C11H13BrN2O3. The van der Waals surface area contributed by atoms with Gasteiger partial charge in [0.1, 0.15) is 5.69 Å². The van der Waals surface area contributed by atoms with Crippen LogP contribution in [0.5, 0.6) is 0 Å². The predicted octanol–water partition coefficient (Wildman–Crippen LogP) is 1.57. The number of aromatic nitrogens is 1. The average molecular weight is 301 g/mol. The number of halogens is 1. The number of carboxylic acids is 1. The summed E-state index contributed by atoms with van der Waals surface area (Å²) in [6.45, 7) is 2.71. The maximum absolute atomic E-state index is 11.9. The first kappa shape index (κ1) is 12.2. The van der Waals surface area contributed by atoms with E-state index >= 15 is 0 Å². The first-order chi connectivity index (χ1) is 7.99. The molecule has 1 aromatic heterocycles. The number of aromatic amines is 1. The van der Waals surface area contributed by atoms with Crippen LogP contribution in [0.25, 0.3) is 0 Å². The Morgan fingerprint density at radius 2 is 2.24 bits per heavy atom. The molecule has 2 rings (SSSR count). The van der Waals surface area contributed by atoms with Crippen LogP contribution >= 0.6 is 15.9 Å². The quantitative estimate of drug-likeness (QED) is 0.890. The van der Waals surface area contributed by atoms with E-state index in [4.69, 9.17) is 5.11 Å². The second kappa shape index (κ2) is 4.52. The monoisotopic (exact) mass is 300 g/mol. The van der Waals surface area contributed by atoms with Crippen LogP contribution in [0.1, 0.15) is 17.4 Å². The molecule has 0 bridgehead atoms. The first-order valence-electron chi connectivity index (χ1n) is 5.35. The fourth-order valence-electron chi connectivity index (χ4n) is 1.86. The number of likely N-dealkylation sites (tertiary alicyclic amines) is 1. The van der Waals surface area contributed by atoms with Crippen LogP contribution in [0.2, 0.25) is 0 Å². The second-order valence-corrected chi connectivity index (χ2v) is 5.24. The Balaban J connectivity index is 1.92. The highest BCUT2D eigenvalue weighted by atomic mass is 79.9. The number of H-pyrrole nitrogens is 1. The number of amides is 1. The summed E-state index contributed by atoms with van der Waals surface area (Å²) in [5, 5.41) is 8.85. The van der Waals surface area contributed by atoms with E-state index in [1.54, 1.807) is 24.1 Å². The summed E-state index contributed by atoms with van der Waals surface area (Å²) in [7, 11) is 0. The van der Waals surface area contributed by atoms with Crippen molar-refractivity contribution in [2.24, 2.45) is 11.8 Å². The van der Waals surface area contributed by atoms with Gasteiger partial charge in [0, 0.05) is 29.7 Å². The van der Waals surface area contributed by atoms with Crippen LogP contribution < -0.4 is 0 Å². The van der Waals surface area contributed by atoms with Gasteiger partial charge in [0.2, 0.25) is 0 Å². The molecule has 17 heavy (non-hydrogen) atoms. The first-order valence-corrected chi connectivity index (χ1v) is 6.14. The molecule has 0 aromatic carbocycles. The Bertz CT molecular complexity index is 451. The summed E-state index contributed by atoms with van der Waals surface area (Å²) in [6.07, 6.45) is 1.70. The third-order valence-corrected chi connectivity index (χ3v) is 3.63. The molecule has 1 saturated heterocycles. The summed E-state index contributed by atoms with van der Waals surface area (Å²) in [5.74, 6) is -1.21. The van der Waals surface area contributed by atoms with Crippen molar-refractivity contribution in [1.82, 2.24) is 9.88 Å². The molecule has 92 valence electrons. The van der Waals surface area contributed by atoms with Crippen LogP contribution in [0, 0.1) is 11.8 Å². The summed E-state index contributed by atoms with van der Waals surface area (Å²) in [4.78, 5) is 27.2. The molecule has 2 N–H and O–H groups in total. The van der Waals surface area contributed by atoms with Crippen molar-refractivity contribution in [2.45, 2.75) is 6.92 Å². The summed E-state index contributed by atoms with van der Waals surface area (Å²) in [5.41, 5.74) is 0.526. The number of carboxylic acid groups (broad SMARTS) is 1. The topological polar surface area (TPSA) is 73.4 Å². The normalized spacial score (nSPS) is 17.6. The van der Waals surface area contributed by atoms with Crippen LogP contribution in [0.4, 0.5) is 0 Å². The summed E-state index contributed by atoms with van der Waals surface area (Å²) >= 11 is 3.26. The minimum atomic E-state index is -0.801. The number of carbonyl (C=O) groups is 2. The minimum Gasteiger partial charge on any atom is -0.481 e. The van der Waals surface area contributed by atoms with Gasteiger partial charge in [-0.2, -0.15) is 0 Å². The standard InChI is InChI=1S/C11H13BrN2O3/c1-6(11(16)17)7-4-14(5-7)10(15)9-2-8(12)3-13-9/h2-3,6-7,13H,4-5H2,1H3,(H,16,17). The number of nitrogens with one attached hydrogen (secondary N) is 1. The maximum Gasteiger partial charge on any atom is 0.306 e. The zero-order valence-electron chi connectivity index (χ0n) is 9.31. The van der Waals surface area contributed by atoms with Crippen molar-refractivity contribution in [3.05, 3.63) is 22.4 Å². The number of hydrogen-bond acceptors (Lipinski definition) is 2. The minimum absolute atomic E-state index is 0.0647. The lowest BCUT2D eigenvalue weighted by Gasteiger charge is -2.40. The third-order valence-electron chi connectivity index (χ3n) is 3.17. The Hall–Kier alpha value is -1.30. The molecule has 1 amide bonds. The molecule has 1 aliphatic heterocycles. The molecule has 2 heterocycles. The highest BCUT2D eigenvalue weighted by molar-refractivity contribution is 9.10. The third kappa shape index (κ3) is 2.36. The lowest BCUT2D eigenvalue weighted by Crippen LogP contribution is -2.53. The van der Waals surface area contributed by atoms with Crippen molar-refractivity contribution < 1.29 is 14.7 Å². The van der Waals surface area contributed by atoms with Gasteiger partial charge < -0.3 is 15.0 Å². The Morgan fingerprint density at radius 3 is 2.71 bits per heavy atom. The largest absolute Gasteiger partial charge is 0.481 e. The smallest absolute Gasteiger partial charge is 0.306 e. The van der Waals surface area contributed by atoms with Gasteiger partial charge in [-0.1, -0.05) is 6.92 Å². The average Bonchev–Trinajstić information content (AvgIpc) is 2.62. The Kier molecular flexibility index (Phi) is 3.24. The lowest BCUT2D eigenvalue weighted by molar-refractivity contribution is -0.144. The number of nitrogens with zero attached hydrogens (tertiary/aromatic N) is 1. The summed E-state index contributed by atoms with van der Waals surface area (Å²) in [6, 6.07) is 1.72. The van der Waals surface area contributed by atoms with E-state index in [1.165, 1.54) is 0 Å². The second-order valence-electron chi connectivity index (χ2n) is 4.33. The van der Waals surface area contributed by atoms with E-state index in [9.17, 15) is 9.59 Å². The molecule has 1 atom stereocenters. The molecule has 1 fully saturated rings. The Labute approximate surface area is 107 Å². The molecule has 5 nitrogen and oxygen atoms in total. The molecular weight excluding hydrogens is 288 g/mol. The van der Waals surface area contributed by atoms with E-state index in [-0.39, 0.29) is 11.8 Å². The maximum atomic E-state index is 11.9. The van der Waals surface area contributed by atoms with Gasteiger partial charge in [0.15, 0.2) is 0 Å². The van der Waals surface area contributed by atoms with Gasteiger partial charge in [-0.15, -0.1) is 0 Å². The number of rotatable bonds is 3. The zero-order valence-corrected chi connectivity index (χ0v) is 10.9. The molecule has 0 saturated carbocycles. The van der Waals surface area contributed by atoms with E-state index < -0.39 is 11.9 Å². The van der Waals surface area contributed by atoms with Crippen LogP contribution in [0.15, 0.2) is 16.7 Å². The summed E-state index contributed by atoms with van der Waals surface area (Å²) < 4.78 is 0.830. The van der Waals surface area contributed by atoms with Crippen molar-refractivity contribution in [1.29, 1.82) is 0 Å². The van der Waals surface area contributed by atoms with Crippen molar-refractivity contribution in [3.63, 3.8) is 0 Å². The molecule has 1 unspecified atom stereocenters. The van der Waals surface area contributed by atoms with Crippen LogP contribution in [-0.2, 0) is 4.79 Å². The highest BCUT2D eigenvalue weighted by Crippen LogP contribution is 2.25. The van der Waals surface area contributed by atoms with Crippen LogP contribution in [-0.4, -0.2) is 40.0 Å². The van der Waals surface area contributed by atoms with E-state index in [2.05, 4.69) is 20.9 Å². The number of carbonyl (C=O) groups excluding carboxylic acids is 1.